The number of nitrogens with one attached hydrogen (secondary N) is 2. The molecule has 12 heteroatoms. The summed E-state index contributed by atoms with van der Waals surface area (Å²) < 4.78 is 71.2. The fourth-order valence-electron chi connectivity index (χ4n) is 2.40. The predicted octanol–water partition coefficient (Wildman–Crippen LogP) is 1.97. The van der Waals surface area contributed by atoms with Gasteiger partial charge in [-0.3, -0.25) is 0 Å². The largest absolute Gasteiger partial charge is 0.496 e. The van der Waals surface area contributed by atoms with E-state index in [1.54, 1.807) is 0 Å². The summed E-state index contributed by atoms with van der Waals surface area (Å²) >= 11 is 1.87. The average molecular weight is 532 g/mol. The second-order valence-electron chi connectivity index (χ2n) is 5.54. The van der Waals surface area contributed by atoms with Crippen molar-refractivity contribution in [3.63, 3.8) is 0 Å². The molecule has 0 saturated carbocycles. The van der Waals surface area contributed by atoms with Gasteiger partial charge in [0.15, 0.2) is 11.6 Å². The van der Waals surface area contributed by atoms with Gasteiger partial charge in [-0.05, 0) is 40.8 Å². The third kappa shape index (κ3) is 5.26. The third-order valence-electron chi connectivity index (χ3n) is 3.72. The van der Waals surface area contributed by atoms with Crippen LogP contribution < -0.4 is 14.8 Å². The van der Waals surface area contributed by atoms with Crippen molar-refractivity contribution in [1.82, 2.24) is 4.72 Å². The average Bonchev–Trinajstić information content (AvgIpc) is 2.64. The second kappa shape index (κ2) is 9.73. The smallest absolute Gasteiger partial charge is 0.201 e. The van der Waals surface area contributed by atoms with Gasteiger partial charge >= 0.3 is 0 Å². The van der Waals surface area contributed by atoms with Gasteiger partial charge in [0.05, 0.1) is 30.2 Å². The van der Waals surface area contributed by atoms with Gasteiger partial charge in [-0.2, -0.15) is 0 Å². The highest BCUT2D eigenvalue weighted by Gasteiger charge is 2.29. The van der Waals surface area contributed by atoms with Crippen LogP contribution in [-0.2, 0) is 10.9 Å². The van der Waals surface area contributed by atoms with Crippen molar-refractivity contribution in [2.75, 3.05) is 19.0 Å². The summed E-state index contributed by atoms with van der Waals surface area (Å²) in [4.78, 5) is 0. The maximum absolute atomic E-state index is 14.5. The van der Waals surface area contributed by atoms with Crippen molar-refractivity contribution >= 4 is 44.9 Å². The first-order valence-electron chi connectivity index (χ1n) is 7.67. The zero-order valence-corrected chi connectivity index (χ0v) is 17.3. The van der Waals surface area contributed by atoms with Crippen molar-refractivity contribution in [2.45, 2.75) is 12.2 Å². The van der Waals surface area contributed by atoms with Crippen molar-refractivity contribution in [2.24, 2.45) is 0 Å². The van der Waals surface area contributed by atoms with Crippen molar-refractivity contribution < 1.29 is 36.5 Å². The zero-order valence-electron chi connectivity index (χ0n) is 14.2. The number of hydrogen-bond acceptors (Lipinski definition) is 6. The number of rotatable bonds is 8. The summed E-state index contributed by atoms with van der Waals surface area (Å²) in [7, 11) is -1.93. The van der Waals surface area contributed by atoms with Crippen molar-refractivity contribution in [3.05, 3.63) is 50.9 Å². The number of halogens is 4. The van der Waals surface area contributed by atoms with E-state index in [9.17, 15) is 31.8 Å². The van der Waals surface area contributed by atoms with E-state index in [0.717, 1.165) is 13.2 Å². The molecule has 4 N–H and O–H groups in total. The van der Waals surface area contributed by atoms with Gasteiger partial charge in [0, 0.05) is 16.2 Å². The Bertz CT molecular complexity index is 937. The van der Waals surface area contributed by atoms with Crippen LogP contribution >= 0.6 is 22.6 Å². The number of thiol groups is 1. The Balaban J connectivity index is 2.55. The number of anilines is 2. The molecule has 0 aromatic heterocycles. The van der Waals surface area contributed by atoms with E-state index < -0.39 is 58.3 Å². The molecular weight excluding hydrogens is 516 g/mol. The van der Waals surface area contributed by atoms with Crippen molar-refractivity contribution in [3.8, 4) is 5.75 Å². The zero-order chi connectivity index (χ0) is 21.0. The molecule has 2 rings (SSSR count). The molecule has 7 nitrogen and oxygen atoms in total. The molecule has 0 saturated heterocycles. The van der Waals surface area contributed by atoms with Crippen molar-refractivity contribution in [1.29, 1.82) is 0 Å². The lowest BCUT2D eigenvalue weighted by Gasteiger charge is -2.24. The first-order chi connectivity index (χ1) is 13.1. The third-order valence-corrected chi connectivity index (χ3v) is 4.83. The van der Waals surface area contributed by atoms with Crippen LogP contribution in [0.25, 0.3) is 0 Å². The maximum Gasteiger partial charge on any atom is 0.201 e. The molecule has 2 atom stereocenters. The molecule has 0 aliphatic rings. The number of methoxy groups -OCH3 is 1. The first-order valence-corrected chi connectivity index (χ1v) is 9.93. The number of benzene rings is 2. The highest BCUT2D eigenvalue weighted by Crippen LogP contribution is 2.39. The Morgan fingerprint density at radius 3 is 2.43 bits per heavy atom. The molecule has 0 fully saturated rings. The van der Waals surface area contributed by atoms with E-state index in [-0.39, 0.29) is 11.4 Å². The van der Waals surface area contributed by atoms with Crippen LogP contribution in [0, 0.1) is 21.0 Å². The molecule has 0 spiro atoms. The fourth-order valence-corrected chi connectivity index (χ4v) is 3.19. The molecule has 0 radical (unpaired) electrons. The lowest BCUT2D eigenvalue weighted by Crippen LogP contribution is -2.31. The van der Waals surface area contributed by atoms with Crippen LogP contribution in [0.3, 0.4) is 0 Å². The molecule has 154 valence electrons. The number of hydrogen-bond donors (Lipinski definition) is 5. The van der Waals surface area contributed by atoms with E-state index >= 15 is 0 Å². The van der Waals surface area contributed by atoms with Gasteiger partial charge in [0.1, 0.15) is 17.7 Å². The molecule has 28 heavy (non-hydrogen) atoms. The topological polar surface area (TPSA) is 108 Å². The monoisotopic (exact) mass is 532 g/mol. The lowest BCUT2D eigenvalue weighted by molar-refractivity contribution is 0.0211. The predicted molar refractivity (Wildman–Crippen MR) is 105 cm³/mol. The van der Waals surface area contributed by atoms with Gasteiger partial charge in [-0.1, -0.05) is 0 Å². The van der Waals surface area contributed by atoms with Crippen LogP contribution in [0.4, 0.5) is 24.5 Å². The summed E-state index contributed by atoms with van der Waals surface area (Å²) in [6.45, 7) is -0.598. The molecule has 1 unspecified atom stereocenters. The van der Waals surface area contributed by atoms with Crippen LogP contribution in [0.1, 0.15) is 11.7 Å². The summed E-state index contributed by atoms with van der Waals surface area (Å²) in [6.07, 6.45) is -3.62. The summed E-state index contributed by atoms with van der Waals surface area (Å²) in [6, 6.07) is 4.60. The Labute approximate surface area is 173 Å². The Hall–Kier alpha value is -1.61. The molecule has 0 heterocycles. The highest BCUT2D eigenvalue weighted by atomic mass is 127. The molecule has 0 bridgehead atoms. The summed E-state index contributed by atoms with van der Waals surface area (Å²) in [5.41, 5.74) is -1.28. The van der Waals surface area contributed by atoms with E-state index in [1.165, 1.54) is 12.1 Å². The van der Waals surface area contributed by atoms with Gasteiger partial charge < -0.3 is 20.3 Å². The maximum atomic E-state index is 14.5. The Morgan fingerprint density at radius 2 is 1.86 bits per heavy atom. The van der Waals surface area contributed by atoms with Crippen LogP contribution in [0.2, 0.25) is 0 Å². The molecule has 0 aliphatic carbocycles. The molecule has 0 aliphatic heterocycles. The normalized spacial score (nSPS) is 13.4. The van der Waals surface area contributed by atoms with Crippen LogP contribution in [-0.4, -0.2) is 38.4 Å². The fraction of sp³-hybridized carbons (Fsp3) is 0.250. The highest BCUT2D eigenvalue weighted by molar-refractivity contribution is 14.1. The van der Waals surface area contributed by atoms with E-state index in [1.807, 2.05) is 27.3 Å². The van der Waals surface area contributed by atoms with Gasteiger partial charge in [0.25, 0.3) is 0 Å². The lowest BCUT2D eigenvalue weighted by atomic mass is 10.00. The van der Waals surface area contributed by atoms with Gasteiger partial charge in [-0.15, -0.1) is 0 Å². The van der Waals surface area contributed by atoms with E-state index in [0.29, 0.717) is 9.64 Å². The quantitative estimate of drug-likeness (QED) is 0.263. The Kier molecular flexibility index (Phi) is 7.88. The number of aliphatic hydroxyl groups excluding tert-OH is 2. The standard InChI is InChI=1S/C16H16F3IN2O5S/c1-27-12-5-9(18)14(19)15(22-10-3-2-7(20)4-8(10)17)13(12)16(24)11(23)6-21-28(25)26/h2-5,11,16,22-24,28H,6H2,1H3,(H,21,25,26)/t11-,16?/m1/s1. The molecule has 0 amide bonds. The van der Waals surface area contributed by atoms with E-state index in [4.69, 9.17) is 4.74 Å². The Morgan fingerprint density at radius 1 is 1.18 bits per heavy atom. The minimum absolute atomic E-state index is 0.212. The number of aliphatic hydroxyl groups is 2. The minimum atomic E-state index is -3.06. The summed E-state index contributed by atoms with van der Waals surface area (Å²) in [5.74, 6) is -3.87. The minimum Gasteiger partial charge on any atom is -0.496 e. The van der Waals surface area contributed by atoms with Gasteiger partial charge in [-0.25, -0.2) is 26.3 Å². The van der Waals surface area contributed by atoms with Gasteiger partial charge in [0.2, 0.25) is 10.9 Å². The summed E-state index contributed by atoms with van der Waals surface area (Å²) in [5, 5.41) is 22.8. The second-order valence-corrected chi connectivity index (χ2v) is 7.62. The molecular formula is C16H16F3IN2O5S. The van der Waals surface area contributed by atoms with E-state index in [2.05, 4.69) is 5.32 Å². The van der Waals surface area contributed by atoms with Crippen LogP contribution in [0.5, 0.6) is 5.75 Å². The first kappa shape index (κ1) is 22.7. The molecule has 2 aromatic carbocycles. The van der Waals surface area contributed by atoms with Crippen LogP contribution in [0.15, 0.2) is 24.3 Å². The number of ether oxygens (including phenoxy) is 1. The SMILES string of the molecule is COc1cc(F)c(F)c(Nc2ccc(I)cc2F)c1C(O)[C@H](O)CN[SH](=O)=O. The molecule has 2 aromatic rings.